The van der Waals surface area contributed by atoms with Crippen LogP contribution in [0.2, 0.25) is 0 Å². The number of fused-ring (bicyclic) bond motifs is 1. The molecule has 0 aliphatic rings. The summed E-state index contributed by atoms with van der Waals surface area (Å²) in [7, 11) is 0. The molecule has 0 fully saturated rings. The van der Waals surface area contributed by atoms with Crippen molar-refractivity contribution in [1.82, 2.24) is 10.7 Å². The van der Waals surface area contributed by atoms with Gasteiger partial charge in [0.1, 0.15) is 12.4 Å². The zero-order valence-corrected chi connectivity index (χ0v) is 15.6. The predicted molar refractivity (Wildman–Crippen MR) is 113 cm³/mol. The van der Waals surface area contributed by atoms with E-state index in [4.69, 9.17) is 11.2 Å². The lowest BCUT2D eigenvalue weighted by molar-refractivity contribution is -0.120. The van der Waals surface area contributed by atoms with E-state index in [2.05, 4.69) is 21.8 Å². The summed E-state index contributed by atoms with van der Waals surface area (Å²) in [5.74, 6) is 2.22. The van der Waals surface area contributed by atoms with Crippen molar-refractivity contribution in [3.8, 4) is 18.1 Å². The molecule has 0 aliphatic carbocycles. The van der Waals surface area contributed by atoms with Crippen LogP contribution in [0.15, 0.2) is 71.8 Å². The summed E-state index contributed by atoms with van der Waals surface area (Å²) < 4.78 is 5.58. The summed E-state index contributed by atoms with van der Waals surface area (Å²) in [5.41, 5.74) is 3.59. The van der Waals surface area contributed by atoms with Gasteiger partial charge in [0.25, 0.3) is 11.8 Å². The zero-order chi connectivity index (χ0) is 20.5. The largest absolute Gasteiger partial charge is 0.480 e. The minimum atomic E-state index is -0.447. The van der Waals surface area contributed by atoms with Crippen LogP contribution >= 0.6 is 0 Å². The molecular formula is C23H19N3O3. The maximum absolute atomic E-state index is 12.0. The van der Waals surface area contributed by atoms with Gasteiger partial charge in [-0.2, -0.15) is 5.10 Å². The van der Waals surface area contributed by atoms with Crippen molar-refractivity contribution in [3.63, 3.8) is 0 Å². The molecule has 0 unspecified atom stereocenters. The number of amides is 2. The van der Waals surface area contributed by atoms with Crippen molar-refractivity contribution in [2.24, 2.45) is 5.10 Å². The fourth-order valence-corrected chi connectivity index (χ4v) is 2.71. The average Bonchev–Trinajstić information content (AvgIpc) is 2.77. The smallest absolute Gasteiger partial charge is 0.259 e. The van der Waals surface area contributed by atoms with Gasteiger partial charge in [-0.1, -0.05) is 54.5 Å². The Morgan fingerprint density at radius 3 is 2.59 bits per heavy atom. The van der Waals surface area contributed by atoms with Crippen LogP contribution in [0.4, 0.5) is 0 Å². The highest BCUT2D eigenvalue weighted by atomic mass is 16.5. The number of hydrazone groups is 1. The second-order valence-corrected chi connectivity index (χ2v) is 6.03. The molecule has 0 aliphatic heterocycles. The SMILES string of the molecule is C#CCOc1ccc2ccccc2c1/C=N\NC(=O)CNC(=O)c1ccccc1. The monoisotopic (exact) mass is 385 g/mol. The number of carbonyl (C=O) groups excluding carboxylic acids is 2. The molecule has 29 heavy (non-hydrogen) atoms. The molecule has 0 atom stereocenters. The molecule has 2 N–H and O–H groups in total. The maximum atomic E-state index is 12.0. The van der Waals surface area contributed by atoms with Crippen LogP contribution in [-0.2, 0) is 4.79 Å². The van der Waals surface area contributed by atoms with E-state index in [0.717, 1.165) is 10.8 Å². The van der Waals surface area contributed by atoms with Crippen LogP contribution in [0.5, 0.6) is 5.75 Å². The molecule has 144 valence electrons. The summed E-state index contributed by atoms with van der Waals surface area (Å²) in [4.78, 5) is 24.0. The molecule has 0 radical (unpaired) electrons. The Bertz CT molecular complexity index is 1090. The molecule has 0 spiro atoms. The van der Waals surface area contributed by atoms with E-state index in [9.17, 15) is 9.59 Å². The molecule has 0 saturated carbocycles. The van der Waals surface area contributed by atoms with Gasteiger partial charge in [-0.15, -0.1) is 6.42 Å². The Morgan fingerprint density at radius 1 is 1.03 bits per heavy atom. The van der Waals surface area contributed by atoms with Crippen LogP contribution in [0.25, 0.3) is 10.8 Å². The van der Waals surface area contributed by atoms with Crippen molar-refractivity contribution in [1.29, 1.82) is 0 Å². The molecule has 0 heterocycles. The summed E-state index contributed by atoms with van der Waals surface area (Å²) in [6.45, 7) is -0.0713. The Balaban J connectivity index is 1.66. The van der Waals surface area contributed by atoms with Crippen molar-refractivity contribution in [2.75, 3.05) is 13.2 Å². The minimum Gasteiger partial charge on any atom is -0.480 e. The molecule has 0 saturated heterocycles. The predicted octanol–water partition coefficient (Wildman–Crippen LogP) is 2.73. The standard InChI is InChI=1S/C23H19N3O3/c1-2-14-29-21-13-12-17-8-6-7-11-19(17)20(21)15-25-26-22(27)16-24-23(28)18-9-4-3-5-10-18/h1,3-13,15H,14,16H2,(H,24,28)(H,26,27)/b25-15-. The topological polar surface area (TPSA) is 79.8 Å². The van der Waals surface area contributed by atoms with Gasteiger partial charge in [-0.05, 0) is 29.0 Å². The Labute approximate surface area is 168 Å². The van der Waals surface area contributed by atoms with Gasteiger partial charge in [0.2, 0.25) is 0 Å². The second-order valence-electron chi connectivity index (χ2n) is 6.03. The van der Waals surface area contributed by atoms with Crippen molar-refractivity contribution < 1.29 is 14.3 Å². The Kier molecular flexibility index (Phi) is 6.58. The van der Waals surface area contributed by atoms with E-state index in [0.29, 0.717) is 16.9 Å². The van der Waals surface area contributed by atoms with E-state index in [1.165, 1.54) is 6.21 Å². The molecule has 2 amide bonds. The van der Waals surface area contributed by atoms with E-state index in [-0.39, 0.29) is 19.1 Å². The number of nitrogens with one attached hydrogen (secondary N) is 2. The molecule has 3 aromatic carbocycles. The molecule has 3 rings (SSSR count). The molecule has 3 aromatic rings. The van der Waals surface area contributed by atoms with Crippen LogP contribution in [0.3, 0.4) is 0 Å². The maximum Gasteiger partial charge on any atom is 0.259 e. The minimum absolute atomic E-state index is 0.122. The number of hydrogen-bond acceptors (Lipinski definition) is 4. The normalized spacial score (nSPS) is 10.4. The Hall–Kier alpha value is -4.11. The summed E-state index contributed by atoms with van der Waals surface area (Å²) in [6, 6.07) is 20.1. The number of nitrogens with zero attached hydrogens (tertiary/aromatic N) is 1. The summed E-state index contributed by atoms with van der Waals surface area (Å²) in [5, 5.41) is 8.47. The average molecular weight is 385 g/mol. The van der Waals surface area contributed by atoms with E-state index in [1.807, 2.05) is 42.5 Å². The number of rotatable bonds is 7. The summed E-state index contributed by atoms with van der Waals surface area (Å²) >= 11 is 0. The Morgan fingerprint density at radius 2 is 1.79 bits per heavy atom. The highest BCUT2D eigenvalue weighted by molar-refractivity contribution is 6.03. The van der Waals surface area contributed by atoms with E-state index < -0.39 is 5.91 Å². The van der Waals surface area contributed by atoms with Gasteiger partial charge < -0.3 is 10.1 Å². The van der Waals surface area contributed by atoms with Gasteiger partial charge in [0.15, 0.2) is 0 Å². The van der Waals surface area contributed by atoms with Gasteiger partial charge in [-0.25, -0.2) is 5.43 Å². The van der Waals surface area contributed by atoms with Gasteiger partial charge in [0.05, 0.1) is 12.8 Å². The second kappa shape index (κ2) is 9.72. The fourth-order valence-electron chi connectivity index (χ4n) is 2.71. The highest BCUT2D eigenvalue weighted by Gasteiger charge is 2.08. The number of benzene rings is 3. The van der Waals surface area contributed by atoms with Crippen LogP contribution < -0.4 is 15.5 Å². The lowest BCUT2D eigenvalue weighted by Gasteiger charge is -2.10. The lowest BCUT2D eigenvalue weighted by atomic mass is 10.0. The highest BCUT2D eigenvalue weighted by Crippen LogP contribution is 2.26. The van der Waals surface area contributed by atoms with Crippen molar-refractivity contribution in [3.05, 3.63) is 77.9 Å². The van der Waals surface area contributed by atoms with Gasteiger partial charge in [-0.3, -0.25) is 9.59 Å². The quantitative estimate of drug-likeness (QED) is 0.373. The van der Waals surface area contributed by atoms with Crippen LogP contribution in [0, 0.1) is 12.3 Å². The van der Waals surface area contributed by atoms with Crippen LogP contribution in [0.1, 0.15) is 15.9 Å². The van der Waals surface area contributed by atoms with E-state index in [1.54, 1.807) is 24.3 Å². The van der Waals surface area contributed by atoms with E-state index >= 15 is 0 Å². The lowest BCUT2D eigenvalue weighted by Crippen LogP contribution is -2.34. The molecule has 6 heteroatoms. The first-order chi connectivity index (χ1) is 14.2. The first-order valence-corrected chi connectivity index (χ1v) is 8.92. The molecule has 6 nitrogen and oxygen atoms in total. The first kappa shape index (κ1) is 19.6. The van der Waals surface area contributed by atoms with Crippen LogP contribution in [-0.4, -0.2) is 31.2 Å². The first-order valence-electron chi connectivity index (χ1n) is 8.92. The number of carbonyl (C=O) groups is 2. The van der Waals surface area contributed by atoms with Crippen molar-refractivity contribution in [2.45, 2.75) is 0 Å². The number of terminal acetylenes is 1. The third-order valence-corrected chi connectivity index (χ3v) is 4.07. The van der Waals surface area contributed by atoms with Gasteiger partial charge >= 0.3 is 0 Å². The fraction of sp³-hybridized carbons (Fsp3) is 0.0870. The zero-order valence-electron chi connectivity index (χ0n) is 15.6. The number of ether oxygens (including phenoxy) is 1. The molecule has 0 bridgehead atoms. The third kappa shape index (κ3) is 5.21. The van der Waals surface area contributed by atoms with Crippen molar-refractivity contribution >= 4 is 28.8 Å². The number of hydrogen-bond donors (Lipinski definition) is 2. The van der Waals surface area contributed by atoms with Gasteiger partial charge in [0, 0.05) is 11.1 Å². The molecule has 0 aromatic heterocycles. The molecular weight excluding hydrogens is 366 g/mol. The third-order valence-electron chi connectivity index (χ3n) is 4.07. The summed E-state index contributed by atoms with van der Waals surface area (Å²) in [6.07, 6.45) is 6.78.